The standard InChI is InChI=1S/C19H15ClF3NO7.C14H20ClNO2/c1-3-29-17(25)10(2)30-18(26)13-9-12(5-6-15(13)24(27)28)31-16-7-4-11(8-14(16)20)19(21,22)23;1-4-11-7-6-8-12(5-2)14(11)16(10-18-3)13(17)9-15/h4-10H,3H2,1-2H3;6-8H,4-5,9-10H2,1-3H3. The molecule has 0 aliphatic heterocycles. The highest BCUT2D eigenvalue weighted by atomic mass is 35.5. The van der Waals surface area contributed by atoms with Crippen LogP contribution in [0.25, 0.3) is 0 Å². The van der Waals surface area contributed by atoms with Crippen LogP contribution < -0.4 is 9.64 Å². The third-order valence-corrected chi connectivity index (χ3v) is 7.21. The molecule has 0 spiro atoms. The number of carbonyl (C=O) groups excluding carboxylic acids is 3. The fourth-order valence-corrected chi connectivity index (χ4v) is 4.71. The highest BCUT2D eigenvalue weighted by molar-refractivity contribution is 6.32. The van der Waals surface area contributed by atoms with E-state index in [4.69, 9.17) is 42.1 Å². The second kappa shape index (κ2) is 19.0. The molecular weight excluding hydrogens is 696 g/mol. The van der Waals surface area contributed by atoms with Gasteiger partial charge in [-0.05, 0) is 62.1 Å². The lowest BCUT2D eigenvalue weighted by Crippen LogP contribution is -2.35. The number of nitro benzene ring substituents is 1. The molecule has 1 atom stereocenters. The minimum Gasteiger partial charge on any atom is -0.463 e. The van der Waals surface area contributed by atoms with E-state index in [-0.39, 0.29) is 41.6 Å². The van der Waals surface area contributed by atoms with Gasteiger partial charge in [-0.1, -0.05) is 43.6 Å². The first-order valence-electron chi connectivity index (χ1n) is 14.8. The largest absolute Gasteiger partial charge is 0.463 e. The number of halogens is 5. The molecule has 11 nitrogen and oxygen atoms in total. The summed E-state index contributed by atoms with van der Waals surface area (Å²) in [6, 6.07) is 11.5. The van der Waals surface area contributed by atoms with Crippen molar-refractivity contribution in [1.29, 1.82) is 0 Å². The zero-order valence-corrected chi connectivity index (χ0v) is 28.8. The summed E-state index contributed by atoms with van der Waals surface area (Å²) in [5, 5.41) is 10.9. The van der Waals surface area contributed by atoms with Gasteiger partial charge < -0.3 is 18.9 Å². The number of aryl methyl sites for hydroxylation is 2. The summed E-state index contributed by atoms with van der Waals surface area (Å²) in [5.41, 5.74) is 1.07. The molecule has 3 aromatic rings. The number of esters is 2. The fraction of sp³-hybridized carbons (Fsp3) is 0.364. The van der Waals surface area contributed by atoms with E-state index < -0.39 is 46.0 Å². The summed E-state index contributed by atoms with van der Waals surface area (Å²) in [4.78, 5) is 48.0. The summed E-state index contributed by atoms with van der Waals surface area (Å²) in [6.07, 6.45) is -4.19. The van der Waals surface area contributed by atoms with Gasteiger partial charge in [-0.15, -0.1) is 11.6 Å². The van der Waals surface area contributed by atoms with Crippen LogP contribution in [0.15, 0.2) is 54.6 Å². The zero-order chi connectivity index (χ0) is 36.9. The van der Waals surface area contributed by atoms with E-state index in [0.717, 1.165) is 60.0 Å². The number of para-hydroxylation sites is 1. The van der Waals surface area contributed by atoms with E-state index >= 15 is 0 Å². The number of nitro groups is 1. The second-order valence-electron chi connectivity index (χ2n) is 9.99. The topological polar surface area (TPSA) is 135 Å². The molecule has 266 valence electrons. The smallest absolute Gasteiger partial charge is 0.416 e. The average Bonchev–Trinajstić information content (AvgIpc) is 3.07. The molecule has 0 radical (unpaired) electrons. The summed E-state index contributed by atoms with van der Waals surface area (Å²) in [5.74, 6) is -2.52. The van der Waals surface area contributed by atoms with E-state index in [0.29, 0.717) is 6.07 Å². The maximum atomic E-state index is 12.8. The van der Waals surface area contributed by atoms with E-state index in [1.807, 2.05) is 18.2 Å². The number of amides is 1. The molecule has 3 rings (SSSR count). The Morgan fingerprint density at radius 1 is 1.00 bits per heavy atom. The molecule has 1 unspecified atom stereocenters. The number of carbonyl (C=O) groups is 3. The molecule has 0 aliphatic carbocycles. The van der Waals surface area contributed by atoms with Crippen molar-refractivity contribution < 1.29 is 51.4 Å². The quantitative estimate of drug-likeness (QED) is 0.0561. The van der Waals surface area contributed by atoms with Gasteiger partial charge in [0.2, 0.25) is 5.91 Å². The molecular formula is C33H35Cl2F3N2O9. The van der Waals surface area contributed by atoms with Crippen molar-refractivity contribution in [3.05, 3.63) is 92.0 Å². The van der Waals surface area contributed by atoms with Gasteiger partial charge in [-0.25, -0.2) is 9.59 Å². The van der Waals surface area contributed by atoms with Gasteiger partial charge in [0, 0.05) is 19.2 Å². The Morgan fingerprint density at radius 2 is 1.63 bits per heavy atom. The van der Waals surface area contributed by atoms with E-state index in [2.05, 4.69) is 13.8 Å². The first kappa shape index (κ1) is 40.8. The lowest BCUT2D eigenvalue weighted by atomic mass is 10.0. The summed E-state index contributed by atoms with van der Waals surface area (Å²) in [7, 11) is 1.58. The predicted octanol–water partition coefficient (Wildman–Crippen LogP) is 8.15. The van der Waals surface area contributed by atoms with Crippen LogP contribution in [0.3, 0.4) is 0 Å². The maximum Gasteiger partial charge on any atom is 0.416 e. The van der Waals surface area contributed by atoms with Gasteiger partial charge in [0.05, 0.1) is 27.8 Å². The van der Waals surface area contributed by atoms with Crippen LogP contribution in [0.2, 0.25) is 5.02 Å². The van der Waals surface area contributed by atoms with Gasteiger partial charge in [-0.3, -0.25) is 19.8 Å². The number of nitrogens with zero attached hydrogens (tertiary/aromatic N) is 2. The Hall–Kier alpha value is -4.40. The number of alkyl halides is 4. The molecule has 0 N–H and O–H groups in total. The molecule has 1 amide bonds. The molecule has 3 aromatic carbocycles. The first-order valence-corrected chi connectivity index (χ1v) is 15.7. The Morgan fingerprint density at radius 3 is 2.12 bits per heavy atom. The number of benzene rings is 3. The summed E-state index contributed by atoms with van der Waals surface area (Å²) < 4.78 is 58.3. The van der Waals surface area contributed by atoms with Crippen molar-refractivity contribution in [2.45, 2.75) is 52.8 Å². The fourth-order valence-electron chi connectivity index (χ4n) is 4.34. The maximum absolute atomic E-state index is 12.8. The molecule has 0 saturated carbocycles. The van der Waals surface area contributed by atoms with Crippen LogP contribution in [0.5, 0.6) is 11.5 Å². The zero-order valence-electron chi connectivity index (χ0n) is 27.3. The number of hydrogen-bond acceptors (Lipinski definition) is 9. The number of hydrogen-bond donors (Lipinski definition) is 0. The van der Waals surface area contributed by atoms with Crippen molar-refractivity contribution in [2.24, 2.45) is 0 Å². The van der Waals surface area contributed by atoms with Crippen molar-refractivity contribution >= 4 is 52.4 Å². The number of methoxy groups -OCH3 is 1. The minimum absolute atomic E-state index is 0.0371. The Bertz CT molecular complexity index is 1620. The van der Waals surface area contributed by atoms with Gasteiger partial charge in [0.1, 0.15) is 29.7 Å². The molecule has 0 aliphatic rings. The second-order valence-corrected chi connectivity index (χ2v) is 10.7. The van der Waals surface area contributed by atoms with Gasteiger partial charge in [-0.2, -0.15) is 13.2 Å². The molecule has 0 heterocycles. The molecule has 0 saturated heterocycles. The highest BCUT2D eigenvalue weighted by Gasteiger charge is 2.31. The molecule has 49 heavy (non-hydrogen) atoms. The Labute approximate surface area is 290 Å². The Kier molecular flexibility index (Phi) is 15.8. The molecule has 0 fully saturated rings. The van der Waals surface area contributed by atoms with Crippen molar-refractivity contribution in [2.75, 3.05) is 31.2 Å². The summed E-state index contributed by atoms with van der Waals surface area (Å²) in [6.45, 7) is 7.20. The van der Waals surface area contributed by atoms with Crippen molar-refractivity contribution in [3.63, 3.8) is 0 Å². The van der Waals surface area contributed by atoms with E-state index in [9.17, 15) is 37.7 Å². The van der Waals surface area contributed by atoms with Crippen LogP contribution in [0.1, 0.15) is 54.7 Å². The van der Waals surface area contributed by atoms with Crippen LogP contribution >= 0.6 is 23.2 Å². The van der Waals surface area contributed by atoms with E-state index in [1.165, 1.54) is 6.92 Å². The summed E-state index contributed by atoms with van der Waals surface area (Å²) >= 11 is 11.5. The monoisotopic (exact) mass is 730 g/mol. The lowest BCUT2D eigenvalue weighted by molar-refractivity contribution is -0.385. The Balaban J connectivity index is 0.000000393. The number of rotatable bonds is 13. The van der Waals surface area contributed by atoms with Crippen LogP contribution in [-0.2, 0) is 42.8 Å². The average molecular weight is 732 g/mol. The number of ether oxygens (including phenoxy) is 4. The third kappa shape index (κ3) is 11.3. The predicted molar refractivity (Wildman–Crippen MR) is 176 cm³/mol. The first-order chi connectivity index (χ1) is 23.1. The van der Waals surface area contributed by atoms with Gasteiger partial charge in [0.15, 0.2) is 6.10 Å². The lowest BCUT2D eigenvalue weighted by Gasteiger charge is -2.26. The van der Waals surface area contributed by atoms with Gasteiger partial charge >= 0.3 is 18.1 Å². The van der Waals surface area contributed by atoms with Crippen molar-refractivity contribution in [1.82, 2.24) is 0 Å². The normalized spacial score (nSPS) is 11.5. The van der Waals surface area contributed by atoms with Crippen LogP contribution in [0.4, 0.5) is 24.5 Å². The molecule has 0 aromatic heterocycles. The van der Waals surface area contributed by atoms with Crippen molar-refractivity contribution in [3.8, 4) is 11.5 Å². The SMILES string of the molecule is CCOC(=O)C(C)OC(=O)c1cc(Oc2ccc(C(F)(F)F)cc2Cl)ccc1[N+](=O)[O-].CCc1cccc(CC)c1N(COC)C(=O)CCl. The van der Waals surface area contributed by atoms with Gasteiger partial charge in [0.25, 0.3) is 5.69 Å². The van der Waals surface area contributed by atoms with Crippen LogP contribution in [-0.4, -0.2) is 55.2 Å². The highest BCUT2D eigenvalue weighted by Crippen LogP contribution is 2.37. The van der Waals surface area contributed by atoms with Crippen LogP contribution in [0, 0.1) is 10.1 Å². The van der Waals surface area contributed by atoms with E-state index in [1.54, 1.807) is 18.9 Å². The number of anilines is 1. The third-order valence-electron chi connectivity index (χ3n) is 6.68. The minimum atomic E-state index is -4.61. The molecule has 16 heteroatoms. The molecule has 0 bridgehead atoms.